The number of benzene rings is 1. The van der Waals surface area contributed by atoms with Crippen molar-refractivity contribution in [3.05, 3.63) is 52.3 Å². The lowest BCUT2D eigenvalue weighted by Gasteiger charge is -2.41. The van der Waals surface area contributed by atoms with Crippen LogP contribution < -0.4 is 11.1 Å². The van der Waals surface area contributed by atoms with Crippen LogP contribution in [0.25, 0.3) is 22.8 Å². The highest BCUT2D eigenvalue weighted by atomic mass is 16.5. The van der Waals surface area contributed by atoms with E-state index in [1.807, 2.05) is 27.0 Å². The van der Waals surface area contributed by atoms with Gasteiger partial charge in [-0.1, -0.05) is 101 Å². The Bertz CT molecular complexity index is 1490. The van der Waals surface area contributed by atoms with Crippen molar-refractivity contribution in [3.63, 3.8) is 0 Å². The van der Waals surface area contributed by atoms with Crippen molar-refractivity contribution in [2.75, 3.05) is 5.32 Å². The lowest BCUT2D eigenvalue weighted by Crippen LogP contribution is -2.38. The van der Waals surface area contributed by atoms with Crippen LogP contribution in [-0.2, 0) is 12.5 Å². The molecule has 1 atom stereocenters. The SMILES string of the molecule is CC.CC(Nc1nc(-c2noc(=O)[nH]2)nc2nc(C3(c4ccccc4)CCC3)n(C)c12)C1CCC1.CC1CCCCC1. The van der Waals surface area contributed by atoms with Gasteiger partial charge in [-0.25, -0.2) is 19.7 Å². The summed E-state index contributed by atoms with van der Waals surface area (Å²) in [4.78, 5) is 28.6. The Balaban J connectivity index is 0.000000341. The first-order valence-corrected chi connectivity index (χ1v) is 16.1. The molecule has 0 aliphatic heterocycles. The molecule has 0 saturated heterocycles. The summed E-state index contributed by atoms with van der Waals surface area (Å²) in [6.07, 6.45) is 14.4. The molecule has 42 heavy (non-hydrogen) atoms. The summed E-state index contributed by atoms with van der Waals surface area (Å²) in [5.41, 5.74) is 2.61. The number of rotatable bonds is 6. The van der Waals surface area contributed by atoms with E-state index in [9.17, 15) is 4.79 Å². The lowest BCUT2D eigenvalue weighted by atomic mass is 9.64. The van der Waals surface area contributed by atoms with Gasteiger partial charge < -0.3 is 9.88 Å². The van der Waals surface area contributed by atoms with Gasteiger partial charge in [0, 0.05) is 13.1 Å². The minimum Gasteiger partial charge on any atom is -0.365 e. The fraction of sp³-hybridized carbons (Fsp3) is 0.606. The maximum absolute atomic E-state index is 11.5. The highest BCUT2D eigenvalue weighted by molar-refractivity contribution is 5.86. The Morgan fingerprint density at radius 2 is 1.69 bits per heavy atom. The average molecular weight is 574 g/mol. The zero-order valence-electron chi connectivity index (χ0n) is 25.9. The van der Waals surface area contributed by atoms with Gasteiger partial charge in [0.05, 0.1) is 5.41 Å². The van der Waals surface area contributed by atoms with E-state index < -0.39 is 5.76 Å². The van der Waals surface area contributed by atoms with E-state index >= 15 is 0 Å². The number of imidazole rings is 1. The van der Waals surface area contributed by atoms with Crippen molar-refractivity contribution in [2.24, 2.45) is 18.9 Å². The van der Waals surface area contributed by atoms with Gasteiger partial charge in [-0.15, -0.1) is 0 Å². The first-order valence-electron chi connectivity index (χ1n) is 16.1. The number of fused-ring (bicyclic) bond motifs is 1. The minimum atomic E-state index is -0.634. The predicted molar refractivity (Wildman–Crippen MR) is 168 cm³/mol. The van der Waals surface area contributed by atoms with Crippen LogP contribution in [0.4, 0.5) is 5.82 Å². The third-order valence-electron chi connectivity index (χ3n) is 9.46. The number of nitrogens with zero attached hydrogens (tertiary/aromatic N) is 5. The van der Waals surface area contributed by atoms with Gasteiger partial charge in [-0.3, -0.25) is 9.51 Å². The normalized spacial score (nSPS) is 19.0. The van der Waals surface area contributed by atoms with Gasteiger partial charge in [0.2, 0.25) is 11.6 Å². The van der Waals surface area contributed by atoms with Crippen LogP contribution in [0.1, 0.15) is 110 Å². The van der Waals surface area contributed by atoms with Crippen LogP contribution in [-0.4, -0.2) is 35.7 Å². The van der Waals surface area contributed by atoms with Crippen molar-refractivity contribution >= 4 is 17.0 Å². The summed E-state index contributed by atoms with van der Waals surface area (Å²) in [5, 5.41) is 7.42. The monoisotopic (exact) mass is 573 g/mol. The van der Waals surface area contributed by atoms with Crippen LogP contribution in [0.5, 0.6) is 0 Å². The molecule has 0 radical (unpaired) electrons. The number of anilines is 1. The fourth-order valence-corrected chi connectivity index (χ4v) is 6.58. The van der Waals surface area contributed by atoms with Gasteiger partial charge in [0.25, 0.3) is 0 Å². The van der Waals surface area contributed by atoms with E-state index in [-0.39, 0.29) is 17.3 Å². The van der Waals surface area contributed by atoms with Gasteiger partial charge in [0.15, 0.2) is 11.5 Å². The molecular formula is C33H47N7O2. The first-order chi connectivity index (χ1) is 20.4. The van der Waals surface area contributed by atoms with Crippen molar-refractivity contribution in [3.8, 4) is 11.6 Å². The molecule has 3 fully saturated rings. The zero-order valence-corrected chi connectivity index (χ0v) is 25.9. The van der Waals surface area contributed by atoms with Gasteiger partial charge in [0.1, 0.15) is 11.3 Å². The molecule has 3 aliphatic carbocycles. The van der Waals surface area contributed by atoms with E-state index in [1.54, 1.807) is 0 Å². The Hall–Kier alpha value is -3.49. The van der Waals surface area contributed by atoms with Crippen molar-refractivity contribution in [2.45, 2.75) is 110 Å². The molecule has 9 heteroatoms. The Kier molecular flexibility index (Phi) is 9.43. The van der Waals surface area contributed by atoms with Crippen molar-refractivity contribution < 1.29 is 4.52 Å². The van der Waals surface area contributed by atoms with Crippen LogP contribution in [0.15, 0.2) is 39.6 Å². The number of H-pyrrole nitrogens is 1. The second-order valence-electron chi connectivity index (χ2n) is 12.2. The van der Waals surface area contributed by atoms with Crippen molar-refractivity contribution in [1.82, 2.24) is 29.7 Å². The zero-order chi connectivity index (χ0) is 29.7. The molecule has 0 amide bonds. The summed E-state index contributed by atoms with van der Waals surface area (Å²) < 4.78 is 6.84. The average Bonchev–Trinajstić information content (AvgIpc) is 3.53. The molecule has 3 aliphatic rings. The molecule has 1 aromatic carbocycles. The molecule has 9 nitrogen and oxygen atoms in total. The Morgan fingerprint density at radius 3 is 2.21 bits per heavy atom. The summed E-state index contributed by atoms with van der Waals surface area (Å²) >= 11 is 0. The fourth-order valence-electron chi connectivity index (χ4n) is 6.58. The van der Waals surface area contributed by atoms with E-state index in [1.165, 1.54) is 63.4 Å². The van der Waals surface area contributed by atoms with E-state index in [0.717, 1.165) is 30.1 Å². The van der Waals surface area contributed by atoms with Crippen molar-refractivity contribution in [1.29, 1.82) is 0 Å². The Labute approximate surface area is 248 Å². The highest BCUT2D eigenvalue weighted by Gasteiger charge is 2.44. The van der Waals surface area contributed by atoms with E-state index in [4.69, 9.17) is 14.5 Å². The van der Waals surface area contributed by atoms with Gasteiger partial charge in [-0.2, -0.15) is 0 Å². The second-order valence-corrected chi connectivity index (χ2v) is 12.2. The summed E-state index contributed by atoms with van der Waals surface area (Å²) in [5.74, 6) is 3.23. The largest absolute Gasteiger partial charge is 0.439 e. The number of nitrogens with one attached hydrogen (secondary N) is 2. The molecule has 4 aromatic rings. The Morgan fingerprint density at radius 1 is 0.976 bits per heavy atom. The third kappa shape index (κ3) is 6.01. The number of hydrogen-bond donors (Lipinski definition) is 2. The maximum Gasteiger partial charge on any atom is 0.439 e. The quantitative estimate of drug-likeness (QED) is 0.247. The van der Waals surface area contributed by atoms with E-state index in [0.29, 0.717) is 23.2 Å². The lowest BCUT2D eigenvalue weighted by molar-refractivity contribution is 0.280. The molecule has 3 aromatic heterocycles. The van der Waals surface area contributed by atoms with Gasteiger partial charge >= 0.3 is 5.76 Å². The molecule has 7 rings (SSSR count). The highest BCUT2D eigenvalue weighted by Crippen LogP contribution is 2.49. The molecule has 2 N–H and O–H groups in total. The molecule has 3 saturated carbocycles. The van der Waals surface area contributed by atoms with E-state index in [2.05, 4.69) is 63.1 Å². The predicted octanol–water partition coefficient (Wildman–Crippen LogP) is 7.39. The van der Waals surface area contributed by atoms with Crippen LogP contribution in [0.3, 0.4) is 0 Å². The molecule has 3 heterocycles. The molecule has 1 unspecified atom stereocenters. The molecular weight excluding hydrogens is 526 g/mol. The first kappa shape index (κ1) is 30.0. The molecule has 226 valence electrons. The van der Waals surface area contributed by atoms with Crippen LogP contribution >= 0.6 is 0 Å². The topological polar surface area (TPSA) is 115 Å². The number of hydrogen-bond acceptors (Lipinski definition) is 7. The standard InChI is InChI=1S/C24H27N7O2.C7H14.C2H6/c1-14(15-8-6-9-15)25-18-17-19(27-20(26-18)21-29-23(32)33-30-21)28-22(31(17)2)24(12-7-13-24)16-10-4-3-5-11-16;1-7-5-3-2-4-6-7;1-2/h3-5,10-11,14-15H,6-9,12-13H2,1-2H3,(H,25,26,27)(H,29,30,32);7H,2-6H2,1H3;1-2H3. The summed E-state index contributed by atoms with van der Waals surface area (Å²) in [6, 6.07) is 10.9. The molecule has 0 spiro atoms. The minimum absolute atomic E-state index is 0.129. The summed E-state index contributed by atoms with van der Waals surface area (Å²) in [6.45, 7) is 8.56. The smallest absolute Gasteiger partial charge is 0.365 e. The maximum atomic E-state index is 11.5. The second kappa shape index (κ2) is 13.2. The van der Waals surface area contributed by atoms with Crippen LogP contribution in [0.2, 0.25) is 0 Å². The molecule has 0 bridgehead atoms. The number of aromatic amines is 1. The third-order valence-corrected chi connectivity index (χ3v) is 9.46. The summed E-state index contributed by atoms with van der Waals surface area (Å²) in [7, 11) is 2.05. The number of aryl methyl sites for hydroxylation is 1. The number of aromatic nitrogens is 6. The van der Waals surface area contributed by atoms with Crippen LogP contribution in [0, 0.1) is 11.8 Å². The van der Waals surface area contributed by atoms with Gasteiger partial charge in [-0.05, 0) is 50.0 Å².